The van der Waals surface area contributed by atoms with Gasteiger partial charge in [-0.2, -0.15) is 0 Å². The Balaban J connectivity index is 1.72. The van der Waals surface area contributed by atoms with Gasteiger partial charge in [0.2, 0.25) is 0 Å². The molecule has 28 heavy (non-hydrogen) atoms. The summed E-state index contributed by atoms with van der Waals surface area (Å²) in [7, 11) is 0. The number of nitrogens with zero attached hydrogens (tertiary/aromatic N) is 4. The van der Waals surface area contributed by atoms with E-state index in [1.807, 2.05) is 42.5 Å². The monoisotopic (exact) mass is 378 g/mol. The lowest BCUT2D eigenvalue weighted by atomic mass is 10.1. The van der Waals surface area contributed by atoms with Crippen LogP contribution in [0.2, 0.25) is 0 Å². The van der Waals surface area contributed by atoms with E-state index in [1.54, 1.807) is 12.1 Å². The van der Waals surface area contributed by atoms with E-state index in [0.29, 0.717) is 23.6 Å². The molecule has 3 aromatic rings. The second-order valence-electron chi connectivity index (χ2n) is 6.83. The number of β-amino-alcohol motifs (C(OH)–C–C–N with tert-alkyl or cyclic N) is 1. The number of aromatic nitrogens is 2. The van der Waals surface area contributed by atoms with Gasteiger partial charge >= 0.3 is 0 Å². The molecule has 144 valence electrons. The molecule has 6 heteroatoms. The number of halogens is 1. The Morgan fingerprint density at radius 2 is 1.61 bits per heavy atom. The molecule has 0 aliphatic carbocycles. The summed E-state index contributed by atoms with van der Waals surface area (Å²) < 4.78 is 14.4. The predicted octanol–water partition coefficient (Wildman–Crippen LogP) is 3.06. The van der Waals surface area contributed by atoms with Gasteiger partial charge < -0.3 is 10.0 Å². The van der Waals surface area contributed by atoms with Gasteiger partial charge in [0.15, 0.2) is 5.82 Å². The molecule has 0 saturated carbocycles. The molecular weight excluding hydrogens is 355 g/mol. The van der Waals surface area contributed by atoms with E-state index < -0.39 is 0 Å². The van der Waals surface area contributed by atoms with Gasteiger partial charge in [0.05, 0.1) is 12.3 Å². The molecule has 0 atom stereocenters. The van der Waals surface area contributed by atoms with Crippen LogP contribution in [-0.4, -0.2) is 59.3 Å². The highest BCUT2D eigenvalue weighted by atomic mass is 19.1. The van der Waals surface area contributed by atoms with E-state index >= 15 is 0 Å². The number of hydrogen-bond acceptors (Lipinski definition) is 5. The van der Waals surface area contributed by atoms with Crippen LogP contribution < -0.4 is 4.90 Å². The van der Waals surface area contributed by atoms with Crippen LogP contribution in [0.1, 0.15) is 0 Å². The highest BCUT2D eigenvalue weighted by molar-refractivity contribution is 5.68. The topological polar surface area (TPSA) is 52.5 Å². The van der Waals surface area contributed by atoms with E-state index in [1.165, 1.54) is 6.07 Å². The van der Waals surface area contributed by atoms with Gasteiger partial charge in [0.1, 0.15) is 11.6 Å². The van der Waals surface area contributed by atoms with Gasteiger partial charge in [-0.1, -0.05) is 42.5 Å². The highest BCUT2D eigenvalue weighted by Gasteiger charge is 2.20. The van der Waals surface area contributed by atoms with Crippen molar-refractivity contribution in [3.05, 3.63) is 66.5 Å². The molecule has 5 nitrogen and oxygen atoms in total. The highest BCUT2D eigenvalue weighted by Crippen LogP contribution is 2.28. The van der Waals surface area contributed by atoms with Crippen LogP contribution in [0.15, 0.2) is 60.7 Å². The quantitative estimate of drug-likeness (QED) is 0.740. The minimum Gasteiger partial charge on any atom is -0.395 e. The largest absolute Gasteiger partial charge is 0.395 e. The first-order valence-electron chi connectivity index (χ1n) is 9.52. The van der Waals surface area contributed by atoms with Crippen molar-refractivity contribution in [1.29, 1.82) is 0 Å². The molecule has 1 N–H and O–H groups in total. The van der Waals surface area contributed by atoms with E-state index in [-0.39, 0.29) is 12.4 Å². The number of anilines is 1. The van der Waals surface area contributed by atoms with Crippen molar-refractivity contribution in [2.75, 3.05) is 44.2 Å². The summed E-state index contributed by atoms with van der Waals surface area (Å²) in [5, 5.41) is 9.14. The Kier molecular flexibility index (Phi) is 5.60. The summed E-state index contributed by atoms with van der Waals surface area (Å²) >= 11 is 0. The van der Waals surface area contributed by atoms with Crippen molar-refractivity contribution in [3.8, 4) is 22.6 Å². The Labute approximate surface area is 164 Å². The average Bonchev–Trinajstić information content (AvgIpc) is 2.75. The maximum absolute atomic E-state index is 14.4. The molecule has 0 spiro atoms. The van der Waals surface area contributed by atoms with Crippen LogP contribution in [0.3, 0.4) is 0 Å². The van der Waals surface area contributed by atoms with E-state index in [4.69, 9.17) is 10.1 Å². The van der Waals surface area contributed by atoms with Gasteiger partial charge in [0, 0.05) is 49.9 Å². The fourth-order valence-corrected chi connectivity index (χ4v) is 3.46. The zero-order valence-corrected chi connectivity index (χ0v) is 15.6. The fourth-order valence-electron chi connectivity index (χ4n) is 3.46. The molecule has 0 amide bonds. The van der Waals surface area contributed by atoms with Gasteiger partial charge in [0.25, 0.3) is 0 Å². The lowest BCUT2D eigenvalue weighted by molar-refractivity contribution is 0.188. The smallest absolute Gasteiger partial charge is 0.162 e. The Morgan fingerprint density at radius 1 is 0.893 bits per heavy atom. The summed E-state index contributed by atoms with van der Waals surface area (Å²) in [5.41, 5.74) is 1.96. The summed E-state index contributed by atoms with van der Waals surface area (Å²) in [6.45, 7) is 4.20. The Bertz CT molecular complexity index is 927. The van der Waals surface area contributed by atoms with Crippen molar-refractivity contribution < 1.29 is 9.50 Å². The molecule has 2 heterocycles. The Morgan fingerprint density at radius 3 is 2.32 bits per heavy atom. The van der Waals surface area contributed by atoms with Crippen molar-refractivity contribution in [2.24, 2.45) is 0 Å². The third kappa shape index (κ3) is 4.03. The first kappa shape index (κ1) is 18.5. The fraction of sp³-hybridized carbons (Fsp3) is 0.273. The normalized spacial score (nSPS) is 15.0. The molecule has 0 radical (unpaired) electrons. The lowest BCUT2D eigenvalue weighted by Crippen LogP contribution is -2.47. The van der Waals surface area contributed by atoms with Crippen LogP contribution in [0.25, 0.3) is 22.6 Å². The second kappa shape index (κ2) is 8.46. The molecular formula is C22H23FN4O. The van der Waals surface area contributed by atoms with E-state index in [0.717, 1.165) is 37.6 Å². The number of piperazine rings is 1. The maximum Gasteiger partial charge on any atom is 0.162 e. The van der Waals surface area contributed by atoms with Crippen molar-refractivity contribution >= 4 is 5.82 Å². The van der Waals surface area contributed by atoms with Crippen molar-refractivity contribution in [2.45, 2.75) is 0 Å². The van der Waals surface area contributed by atoms with Crippen LogP contribution in [-0.2, 0) is 0 Å². The minimum atomic E-state index is -0.293. The standard InChI is InChI=1S/C22H23FN4O/c23-19-9-5-4-8-18(19)20-16-21(27-12-10-26(11-13-27)14-15-28)25-22(24-20)17-6-2-1-3-7-17/h1-9,16,28H,10-15H2. The van der Waals surface area contributed by atoms with E-state index in [9.17, 15) is 4.39 Å². The van der Waals surface area contributed by atoms with Gasteiger partial charge in [-0.05, 0) is 12.1 Å². The van der Waals surface area contributed by atoms with Crippen LogP contribution in [0, 0.1) is 5.82 Å². The Hall–Kier alpha value is -2.83. The molecule has 1 fully saturated rings. The summed E-state index contributed by atoms with van der Waals surface area (Å²) in [6.07, 6.45) is 0. The summed E-state index contributed by atoms with van der Waals surface area (Å²) in [4.78, 5) is 13.9. The van der Waals surface area contributed by atoms with Crippen LogP contribution >= 0.6 is 0 Å². The molecule has 0 unspecified atom stereocenters. The van der Waals surface area contributed by atoms with Gasteiger partial charge in [-0.3, -0.25) is 4.90 Å². The first-order chi connectivity index (χ1) is 13.7. The van der Waals surface area contributed by atoms with Crippen molar-refractivity contribution in [3.63, 3.8) is 0 Å². The molecule has 1 aliphatic rings. The SMILES string of the molecule is OCCN1CCN(c2cc(-c3ccccc3F)nc(-c3ccccc3)n2)CC1. The summed E-state index contributed by atoms with van der Waals surface area (Å²) in [5.74, 6) is 1.10. The van der Waals surface area contributed by atoms with Gasteiger partial charge in [-0.15, -0.1) is 0 Å². The van der Waals surface area contributed by atoms with Crippen molar-refractivity contribution in [1.82, 2.24) is 14.9 Å². The molecule has 0 bridgehead atoms. The number of aliphatic hydroxyl groups excluding tert-OH is 1. The van der Waals surface area contributed by atoms with Gasteiger partial charge in [-0.25, -0.2) is 14.4 Å². The number of aliphatic hydroxyl groups is 1. The van der Waals surface area contributed by atoms with E-state index in [2.05, 4.69) is 14.8 Å². The first-order valence-corrected chi connectivity index (χ1v) is 9.52. The zero-order valence-electron chi connectivity index (χ0n) is 15.6. The van der Waals surface area contributed by atoms with Crippen LogP contribution in [0.5, 0.6) is 0 Å². The second-order valence-corrected chi connectivity index (χ2v) is 6.83. The molecule has 2 aromatic carbocycles. The number of benzene rings is 2. The predicted molar refractivity (Wildman–Crippen MR) is 109 cm³/mol. The molecule has 4 rings (SSSR count). The summed E-state index contributed by atoms with van der Waals surface area (Å²) in [6, 6.07) is 18.3. The number of rotatable bonds is 5. The third-order valence-electron chi connectivity index (χ3n) is 5.01. The maximum atomic E-state index is 14.4. The molecule has 1 saturated heterocycles. The molecule has 1 aliphatic heterocycles. The zero-order chi connectivity index (χ0) is 19.3. The lowest BCUT2D eigenvalue weighted by Gasteiger charge is -2.35. The molecule has 1 aromatic heterocycles. The third-order valence-corrected chi connectivity index (χ3v) is 5.01. The number of hydrogen-bond donors (Lipinski definition) is 1. The van der Waals surface area contributed by atoms with Crippen LogP contribution in [0.4, 0.5) is 10.2 Å². The average molecular weight is 378 g/mol. The minimum absolute atomic E-state index is 0.170.